The molecule has 1 rings (SSSR count). The quantitative estimate of drug-likeness (QED) is 0.480. The normalized spacial score (nSPS) is 34.8. The Hall–Kier alpha value is -0.250. The summed E-state index contributed by atoms with van der Waals surface area (Å²) < 4.78 is 35.9. The summed E-state index contributed by atoms with van der Waals surface area (Å²) in [5, 5.41) is 0. The molecule has 0 aromatic carbocycles. The molecule has 1 aliphatic heterocycles. The molecule has 0 aliphatic carbocycles. The minimum Gasteiger partial charge on any atom is -0.458 e. The third-order valence-electron chi connectivity index (χ3n) is 1.88. The van der Waals surface area contributed by atoms with E-state index in [0.29, 0.717) is 17.9 Å². The van der Waals surface area contributed by atoms with Gasteiger partial charge in [-0.15, -0.1) is 0 Å². The van der Waals surface area contributed by atoms with E-state index in [0.717, 1.165) is 0 Å². The highest BCUT2D eigenvalue weighted by molar-refractivity contribution is 4.69. The zero-order valence-corrected chi connectivity index (χ0v) is 5.54. The van der Waals surface area contributed by atoms with E-state index in [-0.39, 0.29) is 6.42 Å². The van der Waals surface area contributed by atoms with Crippen LogP contribution in [0.4, 0.5) is 13.2 Å². The second kappa shape index (κ2) is 2.42. The van der Waals surface area contributed by atoms with Crippen LogP contribution in [0.15, 0.2) is 0 Å². The van der Waals surface area contributed by atoms with Gasteiger partial charge in [0.15, 0.2) is 6.04 Å². The minimum absolute atomic E-state index is 0.238. The van der Waals surface area contributed by atoms with Crippen LogP contribution < -0.4 is 4.90 Å². The van der Waals surface area contributed by atoms with E-state index < -0.39 is 12.2 Å². The van der Waals surface area contributed by atoms with Crippen LogP contribution in [0, 0.1) is 7.05 Å². The third-order valence-corrected chi connectivity index (χ3v) is 1.88. The number of hydrogen-bond acceptors (Lipinski definition) is 0. The second-order valence-corrected chi connectivity index (χ2v) is 2.64. The summed E-state index contributed by atoms with van der Waals surface area (Å²) in [5.41, 5.74) is 0. The first-order valence-corrected chi connectivity index (χ1v) is 3.26. The zero-order valence-electron chi connectivity index (χ0n) is 5.54. The fourth-order valence-electron chi connectivity index (χ4n) is 1.31. The monoisotopic (exact) mass is 153 g/mol. The van der Waals surface area contributed by atoms with Crippen molar-refractivity contribution in [1.29, 1.82) is 0 Å². The first-order valence-electron chi connectivity index (χ1n) is 3.26. The summed E-state index contributed by atoms with van der Waals surface area (Å²) >= 11 is 0. The maximum atomic E-state index is 12.0. The Balaban J connectivity index is 2.55. The Morgan fingerprint density at radius 3 is 2.20 bits per heavy atom. The number of halogens is 3. The van der Waals surface area contributed by atoms with Crippen LogP contribution >= 0.6 is 0 Å². The highest BCUT2D eigenvalue weighted by atomic mass is 19.4. The molecular weight excluding hydrogens is 143 g/mol. The standard InChI is InChI=1S/C6H10F3N/c1-10-4-2-3-5(10)6(7,8)9/h5,10H,1-4H2/t5-/m0/s1. The zero-order chi connectivity index (χ0) is 7.78. The van der Waals surface area contributed by atoms with Crippen LogP contribution in [0.5, 0.6) is 0 Å². The molecule has 0 saturated carbocycles. The largest absolute Gasteiger partial charge is 0.458 e. The van der Waals surface area contributed by atoms with Crippen LogP contribution in [0.2, 0.25) is 0 Å². The molecule has 1 N–H and O–H groups in total. The van der Waals surface area contributed by atoms with Crippen molar-refractivity contribution in [3.8, 4) is 0 Å². The molecule has 0 amide bonds. The van der Waals surface area contributed by atoms with Crippen molar-refractivity contribution in [2.24, 2.45) is 0 Å². The van der Waals surface area contributed by atoms with Crippen molar-refractivity contribution in [2.75, 3.05) is 6.54 Å². The minimum atomic E-state index is -4.05. The van der Waals surface area contributed by atoms with Crippen molar-refractivity contribution < 1.29 is 18.1 Å². The Kier molecular flexibility index (Phi) is 1.90. The average Bonchev–Trinajstić information content (AvgIpc) is 2.11. The van der Waals surface area contributed by atoms with E-state index in [1.807, 2.05) is 0 Å². The van der Waals surface area contributed by atoms with Gasteiger partial charge in [-0.05, 0) is 0 Å². The predicted octanol–water partition coefficient (Wildman–Crippen LogP) is 0.388. The van der Waals surface area contributed by atoms with Gasteiger partial charge in [0.25, 0.3) is 0 Å². The molecule has 1 nitrogen and oxygen atoms in total. The van der Waals surface area contributed by atoms with E-state index in [2.05, 4.69) is 7.05 Å². The number of hydrogen-bond donors (Lipinski definition) is 1. The van der Waals surface area contributed by atoms with Crippen LogP contribution in [-0.2, 0) is 0 Å². The molecule has 60 valence electrons. The summed E-state index contributed by atoms with van der Waals surface area (Å²) in [7, 11) is 3.38. The fraction of sp³-hybridized carbons (Fsp3) is 0.833. The smallest absolute Gasteiger partial charge is 0.438 e. The molecule has 1 saturated heterocycles. The second-order valence-electron chi connectivity index (χ2n) is 2.64. The van der Waals surface area contributed by atoms with E-state index in [9.17, 15) is 13.2 Å². The SMILES string of the molecule is [CH2-][NH+]1CCC[C@H]1C(F)(F)F. The summed E-state index contributed by atoms with van der Waals surface area (Å²) in [6, 6.07) is -1.22. The molecule has 1 aliphatic rings. The first-order chi connectivity index (χ1) is 4.52. The van der Waals surface area contributed by atoms with Gasteiger partial charge in [-0.25, -0.2) is 0 Å². The van der Waals surface area contributed by atoms with Gasteiger partial charge in [0.1, 0.15) is 0 Å². The van der Waals surface area contributed by atoms with Crippen LogP contribution in [0.1, 0.15) is 12.8 Å². The lowest BCUT2D eigenvalue weighted by molar-refractivity contribution is -0.880. The fourth-order valence-corrected chi connectivity index (χ4v) is 1.31. The summed E-state index contributed by atoms with van der Waals surface area (Å²) in [6.07, 6.45) is -3.17. The van der Waals surface area contributed by atoms with E-state index in [1.54, 1.807) is 0 Å². The van der Waals surface area contributed by atoms with Crippen molar-refractivity contribution >= 4 is 0 Å². The Labute approximate surface area is 57.8 Å². The molecule has 2 atom stereocenters. The first kappa shape index (κ1) is 7.85. The number of quaternary nitrogens is 1. The molecule has 1 heterocycles. The van der Waals surface area contributed by atoms with Gasteiger partial charge in [-0.2, -0.15) is 20.2 Å². The topological polar surface area (TPSA) is 4.44 Å². The molecule has 1 fully saturated rings. The number of likely N-dealkylation sites (tertiary alicyclic amines) is 1. The maximum absolute atomic E-state index is 12.0. The van der Waals surface area contributed by atoms with Gasteiger partial charge in [0.2, 0.25) is 0 Å². The van der Waals surface area contributed by atoms with Crippen molar-refractivity contribution in [1.82, 2.24) is 0 Å². The van der Waals surface area contributed by atoms with Gasteiger partial charge in [0, 0.05) is 12.8 Å². The van der Waals surface area contributed by atoms with Crippen molar-refractivity contribution in [3.05, 3.63) is 7.05 Å². The van der Waals surface area contributed by atoms with Crippen LogP contribution in [0.25, 0.3) is 0 Å². The lowest BCUT2D eigenvalue weighted by atomic mass is 10.2. The molecule has 0 bridgehead atoms. The van der Waals surface area contributed by atoms with E-state index >= 15 is 0 Å². The average molecular weight is 153 g/mol. The van der Waals surface area contributed by atoms with Crippen molar-refractivity contribution in [2.45, 2.75) is 25.1 Å². The van der Waals surface area contributed by atoms with E-state index in [1.165, 1.54) is 0 Å². The Morgan fingerprint density at radius 2 is 2.00 bits per heavy atom. The van der Waals surface area contributed by atoms with Gasteiger partial charge in [-0.3, -0.25) is 0 Å². The molecule has 0 spiro atoms. The molecule has 4 heteroatoms. The van der Waals surface area contributed by atoms with Gasteiger partial charge < -0.3 is 4.90 Å². The Morgan fingerprint density at radius 1 is 1.40 bits per heavy atom. The highest BCUT2D eigenvalue weighted by Gasteiger charge is 2.45. The molecule has 0 aromatic rings. The van der Waals surface area contributed by atoms with Gasteiger partial charge >= 0.3 is 6.18 Å². The number of alkyl halides is 3. The van der Waals surface area contributed by atoms with Crippen molar-refractivity contribution in [3.63, 3.8) is 0 Å². The Bertz CT molecular complexity index is 121. The molecule has 10 heavy (non-hydrogen) atoms. The van der Waals surface area contributed by atoms with Crippen LogP contribution in [-0.4, -0.2) is 18.8 Å². The summed E-state index contributed by atoms with van der Waals surface area (Å²) in [6.45, 7) is 0.546. The van der Waals surface area contributed by atoms with Gasteiger partial charge in [0.05, 0.1) is 6.54 Å². The highest BCUT2D eigenvalue weighted by Crippen LogP contribution is 2.23. The van der Waals surface area contributed by atoms with Crippen LogP contribution in [0.3, 0.4) is 0 Å². The third kappa shape index (κ3) is 1.42. The molecule has 0 radical (unpaired) electrons. The maximum Gasteiger partial charge on any atom is 0.438 e. The molecular formula is C6H10F3N. The lowest BCUT2D eigenvalue weighted by Gasteiger charge is -2.24. The van der Waals surface area contributed by atoms with E-state index in [4.69, 9.17) is 0 Å². The summed E-state index contributed by atoms with van der Waals surface area (Å²) in [4.78, 5) is 0.354. The molecule has 1 unspecified atom stereocenters. The lowest BCUT2D eigenvalue weighted by Crippen LogP contribution is -3.10. The number of nitrogens with one attached hydrogen (secondary N) is 1. The van der Waals surface area contributed by atoms with Gasteiger partial charge in [-0.1, -0.05) is 0 Å². The summed E-state index contributed by atoms with van der Waals surface area (Å²) in [5.74, 6) is 0. The number of rotatable bonds is 0. The molecule has 0 aromatic heterocycles. The predicted molar refractivity (Wildman–Crippen MR) is 30.3 cm³/mol.